The first kappa shape index (κ1) is 16.1. The molecule has 3 aromatic rings. The summed E-state index contributed by atoms with van der Waals surface area (Å²) in [6, 6.07) is 13.5. The summed E-state index contributed by atoms with van der Waals surface area (Å²) >= 11 is 12.5. The van der Waals surface area contributed by atoms with E-state index in [1.165, 1.54) is 4.90 Å². The van der Waals surface area contributed by atoms with Gasteiger partial charge in [-0.25, -0.2) is 4.98 Å². The molecule has 1 unspecified atom stereocenters. The van der Waals surface area contributed by atoms with Crippen LogP contribution in [0.15, 0.2) is 48.5 Å². The van der Waals surface area contributed by atoms with Crippen molar-refractivity contribution in [2.24, 2.45) is 0 Å². The Balaban J connectivity index is 1.81. The molecule has 0 saturated carbocycles. The van der Waals surface area contributed by atoms with Crippen molar-refractivity contribution in [3.05, 3.63) is 75.4 Å². The van der Waals surface area contributed by atoms with Crippen LogP contribution < -0.4 is 0 Å². The second-order valence-electron chi connectivity index (χ2n) is 5.88. The monoisotopic (exact) mass is 370 g/mol. The van der Waals surface area contributed by atoms with E-state index in [0.29, 0.717) is 27.2 Å². The summed E-state index contributed by atoms with van der Waals surface area (Å²) in [5.41, 5.74) is 2.01. The molecule has 2 heterocycles. The zero-order valence-corrected chi connectivity index (χ0v) is 14.7. The van der Waals surface area contributed by atoms with E-state index >= 15 is 0 Å². The first-order valence-corrected chi connectivity index (χ1v) is 8.46. The zero-order valence-electron chi connectivity index (χ0n) is 13.2. The van der Waals surface area contributed by atoms with Crippen molar-refractivity contribution in [2.75, 3.05) is 0 Å². The second-order valence-corrected chi connectivity index (χ2v) is 6.65. The van der Waals surface area contributed by atoms with Crippen molar-refractivity contribution < 1.29 is 9.59 Å². The van der Waals surface area contributed by atoms with Gasteiger partial charge in [-0.1, -0.05) is 47.5 Å². The van der Waals surface area contributed by atoms with E-state index in [0.717, 1.165) is 5.39 Å². The molecule has 0 spiro atoms. The number of carbonyl (C=O) groups is 2. The number of pyridine rings is 1. The number of para-hydroxylation sites is 1. The van der Waals surface area contributed by atoms with Gasteiger partial charge >= 0.3 is 0 Å². The lowest BCUT2D eigenvalue weighted by atomic mass is 10.1. The predicted molar refractivity (Wildman–Crippen MR) is 97.1 cm³/mol. The molecule has 1 aliphatic heterocycles. The third-order valence-corrected chi connectivity index (χ3v) is 5.05. The van der Waals surface area contributed by atoms with Crippen molar-refractivity contribution in [3.8, 4) is 0 Å². The number of carbonyl (C=O) groups excluding carboxylic acids is 2. The quantitative estimate of drug-likeness (QED) is 0.476. The van der Waals surface area contributed by atoms with Crippen LogP contribution in [0, 0.1) is 0 Å². The van der Waals surface area contributed by atoms with Crippen molar-refractivity contribution in [3.63, 3.8) is 0 Å². The van der Waals surface area contributed by atoms with Crippen LogP contribution in [0.5, 0.6) is 0 Å². The Hall–Kier alpha value is -2.43. The van der Waals surface area contributed by atoms with Gasteiger partial charge in [0.05, 0.1) is 27.7 Å². The number of benzene rings is 2. The lowest BCUT2D eigenvalue weighted by Crippen LogP contribution is -2.32. The average molecular weight is 371 g/mol. The largest absolute Gasteiger partial charge is 0.269 e. The molecule has 1 atom stereocenters. The van der Waals surface area contributed by atoms with Gasteiger partial charge in [0.15, 0.2) is 0 Å². The highest BCUT2D eigenvalue weighted by atomic mass is 35.5. The van der Waals surface area contributed by atoms with Gasteiger partial charge in [0.1, 0.15) is 5.15 Å². The fourth-order valence-corrected chi connectivity index (χ4v) is 3.67. The highest BCUT2D eigenvalue weighted by Gasteiger charge is 2.39. The summed E-state index contributed by atoms with van der Waals surface area (Å²) in [4.78, 5) is 30.9. The molecule has 0 aliphatic carbocycles. The molecule has 0 saturated heterocycles. The molecule has 2 amide bonds. The number of amides is 2. The molecule has 25 heavy (non-hydrogen) atoms. The van der Waals surface area contributed by atoms with Crippen LogP contribution in [0.2, 0.25) is 10.2 Å². The van der Waals surface area contributed by atoms with E-state index < -0.39 is 6.04 Å². The molecule has 1 aromatic heterocycles. The lowest BCUT2D eigenvalue weighted by molar-refractivity contribution is 0.0595. The third-order valence-electron chi connectivity index (χ3n) is 4.44. The van der Waals surface area contributed by atoms with Crippen LogP contribution >= 0.6 is 23.2 Å². The number of nitrogens with zero attached hydrogens (tertiary/aromatic N) is 2. The number of aromatic nitrogens is 1. The molecule has 124 valence electrons. The van der Waals surface area contributed by atoms with E-state index in [-0.39, 0.29) is 17.0 Å². The highest BCUT2D eigenvalue weighted by Crippen LogP contribution is 2.35. The maximum Gasteiger partial charge on any atom is 0.262 e. The van der Waals surface area contributed by atoms with Crippen LogP contribution in [0.4, 0.5) is 0 Å². The molecule has 0 fully saturated rings. The predicted octanol–water partition coefficient (Wildman–Crippen LogP) is 4.90. The maximum atomic E-state index is 12.7. The van der Waals surface area contributed by atoms with Crippen LogP contribution in [0.3, 0.4) is 0 Å². The van der Waals surface area contributed by atoms with Gasteiger partial charge in [-0.2, -0.15) is 0 Å². The molecule has 0 bridgehead atoms. The molecule has 1 aliphatic rings. The number of hydrogen-bond acceptors (Lipinski definition) is 3. The SMILES string of the molecule is CC(c1cc2cccc(Cl)c2nc1Cl)N1C(=O)c2ccccc2C1=O. The van der Waals surface area contributed by atoms with Crippen molar-refractivity contribution in [2.45, 2.75) is 13.0 Å². The Labute approximate surface area is 154 Å². The molecule has 4 rings (SSSR count). The number of imide groups is 1. The van der Waals surface area contributed by atoms with Crippen LogP contribution in [0.1, 0.15) is 39.2 Å². The minimum atomic E-state index is -0.546. The van der Waals surface area contributed by atoms with E-state index in [9.17, 15) is 9.59 Å². The third kappa shape index (κ3) is 2.41. The van der Waals surface area contributed by atoms with Crippen LogP contribution in [0.25, 0.3) is 10.9 Å². The summed E-state index contributed by atoms with van der Waals surface area (Å²) in [5.74, 6) is -0.647. The maximum absolute atomic E-state index is 12.7. The Morgan fingerprint density at radius 3 is 2.24 bits per heavy atom. The molecule has 0 radical (unpaired) electrons. The standard InChI is InChI=1S/C19H12Cl2N2O2/c1-10(23-18(24)12-6-2-3-7-13(12)19(23)25)14-9-11-5-4-8-15(20)16(11)22-17(14)21/h2-10H,1H3. The number of rotatable bonds is 2. The van der Waals surface area contributed by atoms with Gasteiger partial charge in [0.25, 0.3) is 11.8 Å². The Bertz CT molecular complexity index is 1010. The topological polar surface area (TPSA) is 50.3 Å². The molecule has 0 N–H and O–H groups in total. The van der Waals surface area contributed by atoms with Gasteiger partial charge in [0.2, 0.25) is 0 Å². The van der Waals surface area contributed by atoms with E-state index in [1.54, 1.807) is 37.3 Å². The fraction of sp³-hybridized carbons (Fsp3) is 0.105. The van der Waals surface area contributed by atoms with Crippen molar-refractivity contribution in [1.82, 2.24) is 9.88 Å². The normalized spacial score (nSPS) is 14.9. The molecule has 6 heteroatoms. The summed E-state index contributed by atoms with van der Waals surface area (Å²) in [6.45, 7) is 1.76. The summed E-state index contributed by atoms with van der Waals surface area (Å²) in [6.07, 6.45) is 0. The van der Waals surface area contributed by atoms with Crippen molar-refractivity contribution in [1.29, 1.82) is 0 Å². The summed E-state index contributed by atoms with van der Waals surface area (Å²) < 4.78 is 0. The molecular formula is C19H12Cl2N2O2. The van der Waals surface area contributed by atoms with E-state index in [4.69, 9.17) is 23.2 Å². The zero-order chi connectivity index (χ0) is 17.7. The summed E-state index contributed by atoms with van der Waals surface area (Å²) in [7, 11) is 0. The van der Waals surface area contributed by atoms with Crippen molar-refractivity contribution >= 4 is 45.9 Å². The smallest absolute Gasteiger partial charge is 0.262 e. The Kier molecular flexibility index (Phi) is 3.74. The fourth-order valence-electron chi connectivity index (χ4n) is 3.15. The molecule has 2 aromatic carbocycles. The minimum Gasteiger partial charge on any atom is -0.269 e. The molecule has 4 nitrogen and oxygen atoms in total. The van der Waals surface area contributed by atoms with Gasteiger partial charge in [0, 0.05) is 10.9 Å². The van der Waals surface area contributed by atoms with Gasteiger partial charge in [-0.3, -0.25) is 14.5 Å². The first-order chi connectivity index (χ1) is 12.0. The number of hydrogen-bond donors (Lipinski definition) is 0. The van der Waals surface area contributed by atoms with Crippen LogP contribution in [-0.2, 0) is 0 Å². The van der Waals surface area contributed by atoms with E-state index in [1.807, 2.05) is 18.2 Å². The number of fused-ring (bicyclic) bond motifs is 2. The molecular weight excluding hydrogens is 359 g/mol. The first-order valence-electron chi connectivity index (χ1n) is 7.70. The average Bonchev–Trinajstić information content (AvgIpc) is 2.86. The van der Waals surface area contributed by atoms with Gasteiger partial charge in [-0.05, 0) is 31.2 Å². The Morgan fingerprint density at radius 1 is 0.960 bits per heavy atom. The lowest BCUT2D eigenvalue weighted by Gasteiger charge is -2.23. The van der Waals surface area contributed by atoms with Crippen LogP contribution in [-0.4, -0.2) is 21.7 Å². The second kappa shape index (κ2) is 5.83. The minimum absolute atomic E-state index is 0.227. The van der Waals surface area contributed by atoms with Gasteiger partial charge < -0.3 is 0 Å². The number of halogens is 2. The Morgan fingerprint density at radius 2 is 1.60 bits per heavy atom. The summed E-state index contributed by atoms with van der Waals surface area (Å²) in [5, 5.41) is 1.53. The van der Waals surface area contributed by atoms with Gasteiger partial charge in [-0.15, -0.1) is 0 Å². The highest BCUT2D eigenvalue weighted by molar-refractivity contribution is 6.36. The van der Waals surface area contributed by atoms with E-state index in [2.05, 4.69) is 4.98 Å².